The number of hydrogen-bond donors (Lipinski definition) is 2. The minimum atomic E-state index is -3.92. The van der Waals surface area contributed by atoms with E-state index in [2.05, 4.69) is 9.62 Å². The summed E-state index contributed by atoms with van der Waals surface area (Å²) in [6.07, 6.45) is -0.282. The number of nitrogens with one attached hydrogen (secondary N) is 1. The topological polar surface area (TPSA) is 108 Å². The smallest absolute Gasteiger partial charge is 0.261 e. The van der Waals surface area contributed by atoms with Gasteiger partial charge in [0.2, 0.25) is 0 Å². The fraction of sp³-hybridized carbons (Fsp3) is 0.367. The van der Waals surface area contributed by atoms with E-state index in [0.717, 1.165) is 11.3 Å². The van der Waals surface area contributed by atoms with Gasteiger partial charge in [0, 0.05) is 36.3 Å². The Labute approximate surface area is 246 Å². The van der Waals surface area contributed by atoms with Gasteiger partial charge in [-0.05, 0) is 74.1 Å². The maximum absolute atomic E-state index is 13.7. The van der Waals surface area contributed by atoms with Crippen molar-refractivity contribution in [2.24, 2.45) is 5.92 Å². The van der Waals surface area contributed by atoms with Crippen LogP contribution in [0, 0.1) is 5.92 Å². The summed E-state index contributed by atoms with van der Waals surface area (Å²) in [6, 6.07) is 17.9. The van der Waals surface area contributed by atoms with E-state index >= 15 is 0 Å². The number of aliphatic hydroxyl groups is 1. The third-order valence-electron chi connectivity index (χ3n) is 7.14. The molecule has 3 aromatic rings. The number of sulfonamides is 1. The lowest BCUT2D eigenvalue weighted by molar-refractivity contribution is 0.0341. The van der Waals surface area contributed by atoms with Crippen LogP contribution in [0.1, 0.15) is 29.8 Å². The van der Waals surface area contributed by atoms with E-state index in [1.54, 1.807) is 31.1 Å². The third kappa shape index (κ3) is 7.51. The average Bonchev–Trinajstić information content (AvgIpc) is 2.95. The molecule has 0 saturated carbocycles. The van der Waals surface area contributed by atoms with Crippen molar-refractivity contribution in [3.8, 4) is 11.5 Å². The van der Waals surface area contributed by atoms with Gasteiger partial charge in [0.05, 0.1) is 30.2 Å². The number of rotatable bonds is 10. The van der Waals surface area contributed by atoms with Gasteiger partial charge in [0.1, 0.15) is 17.6 Å². The van der Waals surface area contributed by atoms with Crippen LogP contribution in [0.5, 0.6) is 11.5 Å². The van der Waals surface area contributed by atoms with Crippen molar-refractivity contribution in [1.29, 1.82) is 0 Å². The van der Waals surface area contributed by atoms with E-state index in [1.165, 1.54) is 30.3 Å². The number of fused-ring (bicyclic) bond motifs is 1. The van der Waals surface area contributed by atoms with Crippen molar-refractivity contribution < 1.29 is 27.8 Å². The lowest BCUT2D eigenvalue weighted by atomic mass is 9.99. The van der Waals surface area contributed by atoms with Crippen molar-refractivity contribution in [1.82, 2.24) is 9.80 Å². The number of aliphatic hydroxyl groups excluding tert-OH is 1. The Kier molecular flexibility index (Phi) is 9.80. The van der Waals surface area contributed by atoms with E-state index in [4.69, 9.17) is 21.1 Å². The molecule has 0 radical (unpaired) electrons. The summed E-state index contributed by atoms with van der Waals surface area (Å²) < 4.78 is 40.2. The highest BCUT2D eigenvalue weighted by Crippen LogP contribution is 2.31. The number of carbonyl (C=O) groups is 1. The molecule has 0 aliphatic carbocycles. The van der Waals surface area contributed by atoms with Gasteiger partial charge >= 0.3 is 0 Å². The Morgan fingerprint density at radius 3 is 2.46 bits per heavy atom. The fourth-order valence-electron chi connectivity index (χ4n) is 4.75. The van der Waals surface area contributed by atoms with Crippen LogP contribution in [-0.4, -0.2) is 75.2 Å². The number of nitrogens with zero attached hydrogens (tertiary/aromatic N) is 2. The number of methoxy groups -OCH3 is 1. The predicted octanol–water partition coefficient (Wildman–Crippen LogP) is 4.50. The summed E-state index contributed by atoms with van der Waals surface area (Å²) in [4.78, 5) is 17.5. The molecular weight excluding hydrogens is 566 g/mol. The molecule has 3 atom stereocenters. The SMILES string of the molecule is COc1ccc(CN(C)C[C@H]2Oc3ccc(NS(=O)(=O)c4ccc(Cl)cc4)cc3C(=O)N([C@H](C)CO)C[C@H]2C)cc1. The Morgan fingerprint density at radius 1 is 1.15 bits per heavy atom. The van der Waals surface area contributed by atoms with Crippen LogP contribution in [-0.2, 0) is 16.6 Å². The van der Waals surface area contributed by atoms with Gasteiger partial charge in [-0.1, -0.05) is 30.7 Å². The molecule has 9 nitrogen and oxygen atoms in total. The molecule has 0 aromatic heterocycles. The number of amides is 1. The molecule has 11 heteroatoms. The zero-order chi connectivity index (χ0) is 29.7. The molecule has 41 heavy (non-hydrogen) atoms. The first kappa shape index (κ1) is 30.6. The van der Waals surface area contributed by atoms with E-state index < -0.39 is 16.1 Å². The van der Waals surface area contributed by atoms with Gasteiger partial charge in [-0.25, -0.2) is 8.42 Å². The molecule has 3 aromatic carbocycles. The number of anilines is 1. The van der Waals surface area contributed by atoms with E-state index in [9.17, 15) is 18.3 Å². The Morgan fingerprint density at radius 2 is 1.83 bits per heavy atom. The fourth-order valence-corrected chi connectivity index (χ4v) is 5.92. The van der Waals surface area contributed by atoms with Crippen LogP contribution >= 0.6 is 11.6 Å². The summed E-state index contributed by atoms with van der Waals surface area (Å²) in [7, 11) is -0.281. The monoisotopic (exact) mass is 601 g/mol. The van der Waals surface area contributed by atoms with Crippen LogP contribution in [0.15, 0.2) is 71.6 Å². The Balaban J connectivity index is 1.61. The molecule has 0 unspecified atom stereocenters. The van der Waals surface area contributed by atoms with Crippen molar-refractivity contribution in [3.05, 3.63) is 82.9 Å². The Hall–Kier alpha value is -3.31. The predicted molar refractivity (Wildman–Crippen MR) is 159 cm³/mol. The molecule has 0 saturated heterocycles. The first-order chi connectivity index (χ1) is 19.5. The molecule has 0 bridgehead atoms. The number of likely N-dealkylation sites (N-methyl/N-ethyl adjacent to an activating group) is 1. The number of hydrogen-bond acceptors (Lipinski definition) is 7. The third-order valence-corrected chi connectivity index (χ3v) is 8.79. The van der Waals surface area contributed by atoms with Gasteiger partial charge in [-0.2, -0.15) is 0 Å². The first-order valence-electron chi connectivity index (χ1n) is 13.3. The van der Waals surface area contributed by atoms with Crippen molar-refractivity contribution in [2.75, 3.05) is 38.6 Å². The van der Waals surface area contributed by atoms with Crippen LogP contribution in [0.3, 0.4) is 0 Å². The average molecular weight is 602 g/mol. The second kappa shape index (κ2) is 13.1. The maximum Gasteiger partial charge on any atom is 0.261 e. The van der Waals surface area contributed by atoms with Crippen LogP contribution in [0.2, 0.25) is 5.02 Å². The van der Waals surface area contributed by atoms with E-state index in [0.29, 0.717) is 30.4 Å². The highest BCUT2D eigenvalue weighted by atomic mass is 35.5. The van der Waals surface area contributed by atoms with Crippen LogP contribution in [0.4, 0.5) is 5.69 Å². The summed E-state index contributed by atoms with van der Waals surface area (Å²) in [6.45, 7) is 5.22. The number of carbonyl (C=O) groups excluding carboxylic acids is 1. The lowest BCUT2D eigenvalue weighted by Gasteiger charge is -2.38. The van der Waals surface area contributed by atoms with Gasteiger partial charge in [-0.15, -0.1) is 0 Å². The molecule has 2 N–H and O–H groups in total. The van der Waals surface area contributed by atoms with Crippen molar-refractivity contribution >= 4 is 33.2 Å². The highest BCUT2D eigenvalue weighted by Gasteiger charge is 2.33. The zero-order valence-corrected chi connectivity index (χ0v) is 25.2. The second-order valence-corrected chi connectivity index (χ2v) is 12.6. The second-order valence-electron chi connectivity index (χ2n) is 10.4. The lowest BCUT2D eigenvalue weighted by Crippen LogP contribution is -2.49. The zero-order valence-electron chi connectivity index (χ0n) is 23.6. The molecule has 4 rings (SSSR count). The molecular formula is C30H36ClN3O6S. The molecule has 1 amide bonds. The molecule has 220 valence electrons. The molecule has 0 fully saturated rings. The largest absolute Gasteiger partial charge is 0.497 e. The van der Waals surface area contributed by atoms with Gasteiger partial charge < -0.3 is 19.5 Å². The number of ether oxygens (including phenoxy) is 2. The van der Waals surface area contributed by atoms with Gasteiger partial charge in [0.25, 0.3) is 15.9 Å². The molecule has 1 heterocycles. The number of benzene rings is 3. The van der Waals surface area contributed by atoms with Crippen molar-refractivity contribution in [3.63, 3.8) is 0 Å². The van der Waals surface area contributed by atoms with E-state index in [-0.39, 0.29) is 40.7 Å². The summed E-state index contributed by atoms with van der Waals surface area (Å²) >= 11 is 5.91. The van der Waals surface area contributed by atoms with Gasteiger partial charge in [0.15, 0.2) is 0 Å². The van der Waals surface area contributed by atoms with Crippen LogP contribution in [0.25, 0.3) is 0 Å². The summed E-state index contributed by atoms with van der Waals surface area (Å²) in [5.41, 5.74) is 1.56. The molecule has 1 aliphatic heterocycles. The van der Waals surface area contributed by atoms with Gasteiger partial charge in [-0.3, -0.25) is 14.4 Å². The minimum Gasteiger partial charge on any atom is -0.497 e. The Bertz CT molecular complexity index is 1450. The number of halogens is 1. The normalized spacial score (nSPS) is 18.2. The first-order valence-corrected chi connectivity index (χ1v) is 15.2. The highest BCUT2D eigenvalue weighted by molar-refractivity contribution is 7.92. The molecule has 0 spiro atoms. The summed E-state index contributed by atoms with van der Waals surface area (Å²) in [5, 5.41) is 10.3. The van der Waals surface area contributed by atoms with Crippen molar-refractivity contribution in [2.45, 2.75) is 37.4 Å². The molecule has 1 aliphatic rings. The summed E-state index contributed by atoms with van der Waals surface area (Å²) in [5.74, 6) is 0.755. The minimum absolute atomic E-state index is 0.0422. The van der Waals surface area contributed by atoms with Crippen LogP contribution < -0.4 is 14.2 Å². The quantitative estimate of drug-likeness (QED) is 0.352. The standard InChI is InChI=1S/C30H36ClN3O6S/c1-20-16-34(21(2)19-35)30(36)27-15-24(32-41(37,38)26-12-7-23(31)8-13-26)9-14-28(27)40-29(20)18-33(3)17-22-5-10-25(39-4)11-6-22/h5-15,20-21,29,32,35H,16-19H2,1-4H3/t20-,21-,29-/m1/s1. The maximum atomic E-state index is 13.7. The van der Waals surface area contributed by atoms with E-state index in [1.807, 2.05) is 38.2 Å².